The molecule has 3 nitrogen and oxygen atoms in total. The van der Waals surface area contributed by atoms with Gasteiger partial charge in [-0.05, 0) is 12.8 Å². The molecule has 0 amide bonds. The predicted octanol–water partition coefficient (Wildman–Crippen LogP) is 0.357. The number of rotatable bonds is 5. The molecule has 0 radical (unpaired) electrons. The van der Waals surface area contributed by atoms with Gasteiger partial charge in [0.1, 0.15) is 0 Å². The lowest BCUT2D eigenvalue weighted by molar-refractivity contribution is -0.0989. The van der Waals surface area contributed by atoms with E-state index < -0.39 is 0 Å². The van der Waals surface area contributed by atoms with Crippen molar-refractivity contribution in [3.8, 4) is 0 Å². The van der Waals surface area contributed by atoms with Crippen LogP contribution < -0.4 is 5.32 Å². The van der Waals surface area contributed by atoms with Gasteiger partial charge in [-0.3, -0.25) is 0 Å². The van der Waals surface area contributed by atoms with Crippen LogP contribution >= 0.6 is 0 Å². The van der Waals surface area contributed by atoms with E-state index in [0.29, 0.717) is 0 Å². The second-order valence-electron chi connectivity index (χ2n) is 2.58. The molecule has 1 N–H and O–H groups in total. The summed E-state index contributed by atoms with van der Waals surface area (Å²) in [5, 5.41) is 3.31. The second kappa shape index (κ2) is 3.91. The molecule has 0 heterocycles. The van der Waals surface area contributed by atoms with Crippen LogP contribution in [0.1, 0.15) is 12.8 Å². The fraction of sp³-hybridized carbons (Fsp3) is 1.00. The Bertz CT molecular complexity index is 89.6. The molecule has 60 valence electrons. The van der Waals surface area contributed by atoms with Gasteiger partial charge in [-0.1, -0.05) is 0 Å². The highest BCUT2D eigenvalue weighted by molar-refractivity contribution is 4.80. The van der Waals surface area contributed by atoms with Crippen LogP contribution in [0.4, 0.5) is 0 Å². The van der Waals surface area contributed by atoms with Crippen molar-refractivity contribution in [2.75, 3.05) is 20.8 Å². The maximum atomic E-state index is 4.99. The molecule has 10 heavy (non-hydrogen) atoms. The molecule has 0 atom stereocenters. The highest BCUT2D eigenvalue weighted by Crippen LogP contribution is 2.18. The number of hydrogen-bond donors (Lipinski definition) is 1. The van der Waals surface area contributed by atoms with Crippen LogP contribution in [-0.2, 0) is 9.47 Å². The SMILES string of the molecule is COC(CNC1CC1)OC. The maximum Gasteiger partial charge on any atom is 0.169 e. The number of hydrogen-bond acceptors (Lipinski definition) is 3. The van der Waals surface area contributed by atoms with Crippen LogP contribution in [0.15, 0.2) is 0 Å². The van der Waals surface area contributed by atoms with E-state index >= 15 is 0 Å². The Morgan fingerprint density at radius 2 is 2.00 bits per heavy atom. The molecule has 0 aromatic carbocycles. The van der Waals surface area contributed by atoms with Crippen LogP contribution in [0, 0.1) is 0 Å². The maximum absolute atomic E-state index is 4.99. The zero-order valence-electron chi connectivity index (χ0n) is 6.59. The van der Waals surface area contributed by atoms with E-state index in [1.54, 1.807) is 14.2 Å². The Morgan fingerprint density at radius 3 is 2.40 bits per heavy atom. The topological polar surface area (TPSA) is 30.5 Å². The second-order valence-corrected chi connectivity index (χ2v) is 2.58. The van der Waals surface area contributed by atoms with E-state index in [0.717, 1.165) is 12.6 Å². The number of ether oxygens (including phenoxy) is 2. The van der Waals surface area contributed by atoms with E-state index in [9.17, 15) is 0 Å². The van der Waals surface area contributed by atoms with Crippen LogP contribution in [-0.4, -0.2) is 33.1 Å². The number of methoxy groups -OCH3 is 2. The molecule has 0 bridgehead atoms. The van der Waals surface area contributed by atoms with Crippen molar-refractivity contribution in [3.05, 3.63) is 0 Å². The Kier molecular flexibility index (Phi) is 3.12. The monoisotopic (exact) mass is 145 g/mol. The van der Waals surface area contributed by atoms with Crippen molar-refractivity contribution in [1.29, 1.82) is 0 Å². The summed E-state index contributed by atoms with van der Waals surface area (Å²) in [6, 6.07) is 0.729. The van der Waals surface area contributed by atoms with Crippen molar-refractivity contribution >= 4 is 0 Å². The zero-order valence-corrected chi connectivity index (χ0v) is 6.59. The molecular weight excluding hydrogens is 130 g/mol. The van der Waals surface area contributed by atoms with Gasteiger partial charge in [0.15, 0.2) is 6.29 Å². The molecule has 0 spiro atoms. The molecule has 0 aromatic rings. The summed E-state index contributed by atoms with van der Waals surface area (Å²) in [5.41, 5.74) is 0. The Hall–Kier alpha value is -0.120. The van der Waals surface area contributed by atoms with Crippen LogP contribution in [0.2, 0.25) is 0 Å². The molecular formula is C7H15NO2. The minimum absolute atomic E-state index is 0.0828. The van der Waals surface area contributed by atoms with Crippen molar-refractivity contribution in [1.82, 2.24) is 5.32 Å². The molecule has 0 unspecified atom stereocenters. The third-order valence-corrected chi connectivity index (χ3v) is 1.68. The Labute approximate surface area is 61.7 Å². The molecule has 1 saturated carbocycles. The average molecular weight is 145 g/mol. The van der Waals surface area contributed by atoms with Gasteiger partial charge in [0.2, 0.25) is 0 Å². The minimum atomic E-state index is -0.0828. The Balaban J connectivity index is 1.97. The molecule has 0 saturated heterocycles. The first kappa shape index (κ1) is 7.98. The third kappa shape index (κ3) is 2.64. The van der Waals surface area contributed by atoms with Crippen LogP contribution in [0.5, 0.6) is 0 Å². The van der Waals surface area contributed by atoms with E-state index in [1.807, 2.05) is 0 Å². The summed E-state index contributed by atoms with van der Waals surface area (Å²) in [6.45, 7) is 0.803. The van der Waals surface area contributed by atoms with Gasteiger partial charge in [-0.15, -0.1) is 0 Å². The molecule has 1 rings (SSSR count). The molecule has 3 heteroatoms. The van der Waals surface area contributed by atoms with Gasteiger partial charge < -0.3 is 14.8 Å². The lowest BCUT2D eigenvalue weighted by atomic mass is 10.5. The van der Waals surface area contributed by atoms with Gasteiger partial charge in [-0.2, -0.15) is 0 Å². The third-order valence-electron chi connectivity index (χ3n) is 1.68. The Morgan fingerprint density at radius 1 is 1.40 bits per heavy atom. The predicted molar refractivity (Wildman–Crippen MR) is 38.8 cm³/mol. The van der Waals surface area contributed by atoms with Crippen molar-refractivity contribution < 1.29 is 9.47 Å². The summed E-state index contributed by atoms with van der Waals surface area (Å²) < 4.78 is 9.99. The van der Waals surface area contributed by atoms with Crippen LogP contribution in [0.3, 0.4) is 0 Å². The highest BCUT2D eigenvalue weighted by atomic mass is 16.7. The van der Waals surface area contributed by atoms with Gasteiger partial charge >= 0.3 is 0 Å². The number of nitrogens with one attached hydrogen (secondary N) is 1. The van der Waals surface area contributed by atoms with E-state index in [1.165, 1.54) is 12.8 Å². The summed E-state index contributed by atoms with van der Waals surface area (Å²) in [7, 11) is 3.31. The smallest absolute Gasteiger partial charge is 0.169 e. The summed E-state index contributed by atoms with van der Waals surface area (Å²) in [6.07, 6.45) is 2.53. The van der Waals surface area contributed by atoms with Crippen molar-refractivity contribution in [2.24, 2.45) is 0 Å². The van der Waals surface area contributed by atoms with Gasteiger partial charge in [-0.25, -0.2) is 0 Å². The van der Waals surface area contributed by atoms with E-state index in [-0.39, 0.29) is 6.29 Å². The lowest BCUT2D eigenvalue weighted by Crippen LogP contribution is -2.30. The normalized spacial score (nSPS) is 18.3. The van der Waals surface area contributed by atoms with Crippen LogP contribution in [0.25, 0.3) is 0 Å². The largest absolute Gasteiger partial charge is 0.355 e. The summed E-state index contributed by atoms with van der Waals surface area (Å²) >= 11 is 0. The zero-order chi connectivity index (χ0) is 7.40. The molecule has 1 fully saturated rings. The quantitative estimate of drug-likeness (QED) is 0.566. The standard InChI is InChI=1S/C7H15NO2/c1-9-7(10-2)5-8-6-3-4-6/h6-8H,3-5H2,1-2H3. The fourth-order valence-electron chi connectivity index (χ4n) is 0.813. The van der Waals surface area contributed by atoms with Gasteiger partial charge in [0.25, 0.3) is 0 Å². The average Bonchev–Trinajstić information content (AvgIpc) is 2.74. The molecule has 0 aromatic heterocycles. The van der Waals surface area contributed by atoms with Gasteiger partial charge in [0, 0.05) is 26.8 Å². The van der Waals surface area contributed by atoms with E-state index in [2.05, 4.69) is 5.32 Å². The fourth-order valence-corrected chi connectivity index (χ4v) is 0.813. The first-order valence-corrected chi connectivity index (χ1v) is 3.65. The van der Waals surface area contributed by atoms with Crippen molar-refractivity contribution in [2.45, 2.75) is 25.2 Å². The van der Waals surface area contributed by atoms with E-state index in [4.69, 9.17) is 9.47 Å². The van der Waals surface area contributed by atoms with Crippen molar-refractivity contribution in [3.63, 3.8) is 0 Å². The molecule has 1 aliphatic rings. The molecule has 0 aliphatic heterocycles. The highest BCUT2D eigenvalue weighted by Gasteiger charge is 2.21. The first-order chi connectivity index (χ1) is 4.86. The summed E-state index contributed by atoms with van der Waals surface area (Å²) in [5.74, 6) is 0. The molecule has 1 aliphatic carbocycles. The van der Waals surface area contributed by atoms with Gasteiger partial charge in [0.05, 0.1) is 0 Å². The minimum Gasteiger partial charge on any atom is -0.355 e. The summed E-state index contributed by atoms with van der Waals surface area (Å²) in [4.78, 5) is 0. The lowest BCUT2D eigenvalue weighted by Gasteiger charge is -2.13. The first-order valence-electron chi connectivity index (χ1n) is 3.65.